The predicted molar refractivity (Wildman–Crippen MR) is 101 cm³/mol. The minimum atomic E-state index is 0.732. The molecule has 3 heterocycles. The van der Waals surface area contributed by atoms with Crippen molar-refractivity contribution < 1.29 is 0 Å². The molecule has 0 radical (unpaired) electrons. The van der Waals surface area contributed by atoms with E-state index in [-0.39, 0.29) is 0 Å². The summed E-state index contributed by atoms with van der Waals surface area (Å²) >= 11 is 3.47. The molecular formula is C19H15N3S2. The van der Waals surface area contributed by atoms with Crippen molar-refractivity contribution in [2.24, 2.45) is 4.99 Å². The third-order valence-corrected chi connectivity index (χ3v) is 5.83. The maximum absolute atomic E-state index is 4.80. The fourth-order valence-electron chi connectivity index (χ4n) is 2.43. The van der Waals surface area contributed by atoms with Gasteiger partial charge in [0.2, 0.25) is 0 Å². The minimum absolute atomic E-state index is 0.732. The fourth-order valence-corrected chi connectivity index (χ4v) is 4.19. The molecule has 0 aliphatic carbocycles. The van der Waals surface area contributed by atoms with E-state index in [2.05, 4.69) is 41.4 Å². The van der Waals surface area contributed by atoms with E-state index < -0.39 is 0 Å². The number of fused-ring (bicyclic) bond motifs is 1. The Bertz CT molecular complexity index is 879. The summed E-state index contributed by atoms with van der Waals surface area (Å²) < 4.78 is 0. The number of hydrogen-bond donors (Lipinski definition) is 0. The lowest BCUT2D eigenvalue weighted by Gasteiger charge is -2.15. The van der Waals surface area contributed by atoms with Crippen LogP contribution in [0, 0.1) is 0 Å². The molecule has 0 saturated heterocycles. The van der Waals surface area contributed by atoms with Gasteiger partial charge < -0.3 is 0 Å². The zero-order valence-corrected chi connectivity index (χ0v) is 14.6. The minimum Gasteiger partial charge on any atom is -0.271 e. The summed E-state index contributed by atoms with van der Waals surface area (Å²) in [6.45, 7) is 0.732. The van der Waals surface area contributed by atoms with Gasteiger partial charge in [-0.1, -0.05) is 36.0 Å². The standard InChI is InChI=1S/C19H15N3S2/c1-2-7-18-14(4-1)12-21-19(24-18)17-6-3-5-15(22-17)13-23-16-8-10-20-11-9-16/h1-11H,12-13H2. The number of nitrogens with zero attached hydrogens (tertiary/aromatic N) is 3. The Morgan fingerprint density at radius 1 is 0.958 bits per heavy atom. The monoisotopic (exact) mass is 349 g/mol. The Balaban J connectivity index is 1.50. The van der Waals surface area contributed by atoms with Gasteiger partial charge in [0.1, 0.15) is 5.04 Å². The van der Waals surface area contributed by atoms with Crippen LogP contribution in [0.15, 0.2) is 81.8 Å². The SMILES string of the molecule is c1cc(CSc2ccncc2)nc(C2=NCc3ccccc3S2)c1. The molecule has 0 saturated carbocycles. The Hall–Kier alpha value is -2.11. The van der Waals surface area contributed by atoms with Crippen molar-refractivity contribution in [1.29, 1.82) is 0 Å². The zero-order valence-electron chi connectivity index (χ0n) is 12.9. The molecule has 0 atom stereocenters. The first-order valence-electron chi connectivity index (χ1n) is 7.68. The number of benzene rings is 1. The zero-order chi connectivity index (χ0) is 16.2. The number of pyridine rings is 2. The van der Waals surface area contributed by atoms with Crippen molar-refractivity contribution >= 4 is 28.6 Å². The van der Waals surface area contributed by atoms with Gasteiger partial charge in [0, 0.05) is 27.9 Å². The second-order valence-corrected chi connectivity index (χ2v) is 7.40. The number of hydrogen-bond acceptors (Lipinski definition) is 5. The molecule has 0 bridgehead atoms. The molecule has 2 aromatic heterocycles. The average Bonchev–Trinajstić information content (AvgIpc) is 2.67. The van der Waals surface area contributed by atoms with Gasteiger partial charge in [-0.05, 0) is 35.9 Å². The van der Waals surface area contributed by atoms with E-state index in [1.165, 1.54) is 15.4 Å². The maximum atomic E-state index is 4.80. The highest BCUT2D eigenvalue weighted by Gasteiger charge is 2.15. The Kier molecular flexibility index (Phi) is 4.62. The van der Waals surface area contributed by atoms with Crippen LogP contribution in [-0.4, -0.2) is 15.0 Å². The largest absolute Gasteiger partial charge is 0.271 e. The molecule has 3 nitrogen and oxygen atoms in total. The van der Waals surface area contributed by atoms with Gasteiger partial charge in [0.25, 0.3) is 0 Å². The van der Waals surface area contributed by atoms with Crippen LogP contribution in [0.4, 0.5) is 0 Å². The van der Waals surface area contributed by atoms with E-state index in [9.17, 15) is 0 Å². The third-order valence-electron chi connectivity index (χ3n) is 3.63. The number of rotatable bonds is 4. The Morgan fingerprint density at radius 2 is 1.83 bits per heavy atom. The average molecular weight is 349 g/mol. The van der Waals surface area contributed by atoms with Crippen LogP contribution < -0.4 is 0 Å². The van der Waals surface area contributed by atoms with Gasteiger partial charge in [0.15, 0.2) is 0 Å². The molecule has 3 aromatic rings. The molecule has 1 aliphatic rings. The van der Waals surface area contributed by atoms with E-state index in [0.717, 1.165) is 28.7 Å². The summed E-state index contributed by atoms with van der Waals surface area (Å²) in [6, 6.07) is 18.6. The summed E-state index contributed by atoms with van der Waals surface area (Å²) in [6.07, 6.45) is 3.63. The second-order valence-electron chi connectivity index (χ2n) is 5.32. The van der Waals surface area contributed by atoms with Gasteiger partial charge in [-0.15, -0.1) is 11.8 Å². The van der Waals surface area contributed by atoms with Gasteiger partial charge in [-0.3, -0.25) is 9.98 Å². The van der Waals surface area contributed by atoms with E-state index in [1.54, 1.807) is 23.5 Å². The molecule has 1 aromatic carbocycles. The Morgan fingerprint density at radius 3 is 2.75 bits per heavy atom. The molecular weight excluding hydrogens is 334 g/mol. The molecule has 0 fully saturated rings. The maximum Gasteiger partial charge on any atom is 0.121 e. The van der Waals surface area contributed by atoms with Crippen LogP contribution in [0.1, 0.15) is 17.0 Å². The summed E-state index contributed by atoms with van der Waals surface area (Å²) in [5.41, 5.74) is 3.31. The van der Waals surface area contributed by atoms with Crippen LogP contribution >= 0.6 is 23.5 Å². The van der Waals surface area contributed by atoms with Crippen molar-refractivity contribution in [2.45, 2.75) is 22.1 Å². The molecule has 24 heavy (non-hydrogen) atoms. The highest BCUT2D eigenvalue weighted by Crippen LogP contribution is 2.31. The first kappa shape index (κ1) is 15.4. The quantitative estimate of drug-likeness (QED) is 0.633. The third kappa shape index (κ3) is 3.52. The molecule has 0 unspecified atom stereocenters. The normalized spacial score (nSPS) is 13.2. The van der Waals surface area contributed by atoms with Crippen molar-refractivity contribution in [1.82, 2.24) is 9.97 Å². The summed E-state index contributed by atoms with van der Waals surface area (Å²) in [7, 11) is 0. The molecule has 0 amide bonds. The Labute approximate surface area is 149 Å². The summed E-state index contributed by atoms with van der Waals surface area (Å²) in [5.74, 6) is 0.840. The van der Waals surface area contributed by atoms with E-state index in [1.807, 2.05) is 30.6 Å². The van der Waals surface area contributed by atoms with Crippen LogP contribution in [0.3, 0.4) is 0 Å². The molecule has 5 heteroatoms. The smallest absolute Gasteiger partial charge is 0.121 e. The fraction of sp³-hybridized carbons (Fsp3) is 0.105. The number of thioether (sulfide) groups is 2. The van der Waals surface area contributed by atoms with E-state index in [4.69, 9.17) is 9.98 Å². The number of aliphatic imine (C=N–C) groups is 1. The topological polar surface area (TPSA) is 38.1 Å². The van der Waals surface area contributed by atoms with Gasteiger partial charge in [0.05, 0.1) is 17.9 Å². The van der Waals surface area contributed by atoms with Gasteiger partial charge in [-0.25, -0.2) is 4.98 Å². The van der Waals surface area contributed by atoms with E-state index >= 15 is 0 Å². The van der Waals surface area contributed by atoms with Crippen LogP contribution in [0.5, 0.6) is 0 Å². The van der Waals surface area contributed by atoms with Crippen molar-refractivity contribution in [3.63, 3.8) is 0 Å². The van der Waals surface area contributed by atoms with Crippen molar-refractivity contribution in [3.05, 3.63) is 83.9 Å². The molecule has 4 rings (SSSR count). The molecule has 118 valence electrons. The first-order valence-corrected chi connectivity index (χ1v) is 9.48. The second kappa shape index (κ2) is 7.20. The van der Waals surface area contributed by atoms with Crippen molar-refractivity contribution in [3.8, 4) is 0 Å². The van der Waals surface area contributed by atoms with Crippen LogP contribution in [0.25, 0.3) is 0 Å². The molecule has 0 spiro atoms. The van der Waals surface area contributed by atoms with Gasteiger partial charge >= 0.3 is 0 Å². The van der Waals surface area contributed by atoms with E-state index in [0.29, 0.717) is 0 Å². The lowest BCUT2D eigenvalue weighted by molar-refractivity contribution is 1.02. The van der Waals surface area contributed by atoms with Crippen LogP contribution in [0.2, 0.25) is 0 Å². The van der Waals surface area contributed by atoms with Crippen LogP contribution in [-0.2, 0) is 12.3 Å². The predicted octanol–water partition coefficient (Wildman–Crippen LogP) is 4.82. The van der Waals surface area contributed by atoms with Gasteiger partial charge in [-0.2, -0.15) is 0 Å². The first-order chi connectivity index (χ1) is 11.9. The lowest BCUT2D eigenvalue weighted by Crippen LogP contribution is -2.06. The lowest BCUT2D eigenvalue weighted by atomic mass is 10.2. The number of aromatic nitrogens is 2. The summed E-state index contributed by atoms with van der Waals surface area (Å²) in [5, 5.41) is 1.00. The highest BCUT2D eigenvalue weighted by atomic mass is 32.2. The molecule has 0 N–H and O–H groups in total. The van der Waals surface area contributed by atoms with Crippen molar-refractivity contribution in [2.75, 3.05) is 0 Å². The highest BCUT2D eigenvalue weighted by molar-refractivity contribution is 8.14. The molecule has 1 aliphatic heterocycles. The summed E-state index contributed by atoms with van der Waals surface area (Å²) in [4.78, 5) is 16.0.